The number of nitrogens with two attached hydrogens (primary N) is 1. The zero-order valence-corrected chi connectivity index (χ0v) is 6.34. The predicted octanol–water partition coefficient (Wildman–Crippen LogP) is -0.347. The van der Waals surface area contributed by atoms with Crippen LogP contribution in [-0.4, -0.2) is 40.2 Å². The molecule has 1 atom stereocenters. The van der Waals surface area contributed by atoms with Gasteiger partial charge in [0.2, 0.25) is 0 Å². The fraction of sp³-hybridized carbons (Fsp3) is 0.750. The summed E-state index contributed by atoms with van der Waals surface area (Å²) in [5, 5.41) is 8.06. The molecular formula is C4H11MgNO2. The molecule has 0 aromatic rings. The number of hydrogen-bond acceptors (Lipinski definition) is 2. The van der Waals surface area contributed by atoms with Gasteiger partial charge in [-0.05, 0) is 6.42 Å². The first-order valence-corrected chi connectivity index (χ1v) is 2.17. The standard InChI is InChI=1S/C4H9NO2.Mg.2H/c1-2-3(5)4(6)7;;;/h3H,2,5H2,1H3,(H,6,7);;;/q;+2;2*-1. The number of hydrogen-bond donors (Lipinski definition) is 2. The van der Waals surface area contributed by atoms with Crippen molar-refractivity contribution in [3.63, 3.8) is 0 Å². The summed E-state index contributed by atoms with van der Waals surface area (Å²) in [5.74, 6) is -0.928. The van der Waals surface area contributed by atoms with Crippen molar-refractivity contribution in [1.29, 1.82) is 0 Å². The van der Waals surface area contributed by atoms with Gasteiger partial charge in [-0.2, -0.15) is 0 Å². The van der Waals surface area contributed by atoms with Crippen molar-refractivity contribution in [2.45, 2.75) is 19.4 Å². The first-order chi connectivity index (χ1) is 3.18. The van der Waals surface area contributed by atoms with Crippen LogP contribution in [0.25, 0.3) is 0 Å². The van der Waals surface area contributed by atoms with E-state index in [0.717, 1.165) is 0 Å². The number of carboxylic acid groups (broad SMARTS) is 1. The minimum absolute atomic E-state index is 0. The average Bonchev–Trinajstić information content (AvgIpc) is 1.65. The molecule has 0 aliphatic heterocycles. The SMILES string of the molecule is CCC(N)C(=O)O.[H-].[H-].[Mg+2]. The number of carboxylic acids is 1. The molecule has 1 unspecified atom stereocenters. The summed E-state index contributed by atoms with van der Waals surface area (Å²) in [6.45, 7) is 1.73. The Bertz CT molecular complexity index is 83.7. The molecule has 46 valence electrons. The number of carbonyl (C=O) groups is 1. The van der Waals surface area contributed by atoms with Crippen molar-refractivity contribution in [3.05, 3.63) is 0 Å². The van der Waals surface area contributed by atoms with Crippen LogP contribution in [0.15, 0.2) is 0 Å². The van der Waals surface area contributed by atoms with E-state index >= 15 is 0 Å². The summed E-state index contributed by atoms with van der Waals surface area (Å²) in [6.07, 6.45) is 0.495. The zero-order valence-electron chi connectivity index (χ0n) is 6.92. The summed E-state index contributed by atoms with van der Waals surface area (Å²) in [4.78, 5) is 9.81. The summed E-state index contributed by atoms with van der Waals surface area (Å²) < 4.78 is 0. The molecule has 0 aliphatic rings. The van der Waals surface area contributed by atoms with Crippen molar-refractivity contribution in [2.75, 3.05) is 0 Å². The molecule has 8 heavy (non-hydrogen) atoms. The topological polar surface area (TPSA) is 63.3 Å². The van der Waals surface area contributed by atoms with Crippen LogP contribution < -0.4 is 5.73 Å². The first kappa shape index (κ1) is 11.1. The van der Waals surface area contributed by atoms with Crippen molar-refractivity contribution in [3.8, 4) is 0 Å². The fourth-order valence-corrected chi connectivity index (χ4v) is 0.175. The van der Waals surface area contributed by atoms with Gasteiger partial charge in [-0.15, -0.1) is 0 Å². The van der Waals surface area contributed by atoms with Gasteiger partial charge in [-0.1, -0.05) is 6.92 Å². The summed E-state index contributed by atoms with van der Waals surface area (Å²) in [7, 11) is 0. The first-order valence-electron chi connectivity index (χ1n) is 2.17. The van der Waals surface area contributed by atoms with Crippen LogP contribution in [0.4, 0.5) is 0 Å². The van der Waals surface area contributed by atoms with Gasteiger partial charge in [-0.25, -0.2) is 0 Å². The summed E-state index contributed by atoms with van der Waals surface area (Å²) in [5.41, 5.74) is 5.02. The Morgan fingerprint density at radius 3 is 2.38 bits per heavy atom. The van der Waals surface area contributed by atoms with Crippen LogP contribution in [0.2, 0.25) is 0 Å². The van der Waals surface area contributed by atoms with E-state index in [9.17, 15) is 4.79 Å². The molecule has 0 heterocycles. The summed E-state index contributed by atoms with van der Waals surface area (Å²) >= 11 is 0. The maximum Gasteiger partial charge on any atom is 2.00 e. The third-order valence-corrected chi connectivity index (χ3v) is 0.757. The monoisotopic (exact) mass is 129 g/mol. The molecule has 0 bridgehead atoms. The molecule has 0 radical (unpaired) electrons. The molecule has 0 saturated heterocycles. The Morgan fingerprint density at radius 1 is 2.00 bits per heavy atom. The second kappa shape index (κ2) is 5.34. The number of rotatable bonds is 2. The van der Waals surface area contributed by atoms with Crippen molar-refractivity contribution >= 4 is 29.0 Å². The van der Waals surface area contributed by atoms with Crippen LogP contribution in [-0.2, 0) is 4.79 Å². The third-order valence-electron chi connectivity index (χ3n) is 0.757. The molecule has 0 spiro atoms. The van der Waals surface area contributed by atoms with E-state index in [2.05, 4.69) is 0 Å². The van der Waals surface area contributed by atoms with E-state index in [-0.39, 0.29) is 25.9 Å². The molecule has 4 heteroatoms. The Kier molecular flexibility index (Phi) is 7.37. The van der Waals surface area contributed by atoms with Crippen LogP contribution in [0.5, 0.6) is 0 Å². The Balaban J connectivity index is -0.0000000600. The second-order valence-corrected chi connectivity index (χ2v) is 1.35. The van der Waals surface area contributed by atoms with Crippen LogP contribution >= 0.6 is 0 Å². The van der Waals surface area contributed by atoms with Gasteiger partial charge in [0.1, 0.15) is 6.04 Å². The van der Waals surface area contributed by atoms with Gasteiger partial charge in [0, 0.05) is 0 Å². The minimum Gasteiger partial charge on any atom is -1.00 e. The maximum atomic E-state index is 9.81. The number of aliphatic carboxylic acids is 1. The van der Waals surface area contributed by atoms with E-state index in [0.29, 0.717) is 6.42 Å². The van der Waals surface area contributed by atoms with Gasteiger partial charge in [0.25, 0.3) is 0 Å². The van der Waals surface area contributed by atoms with Gasteiger partial charge >= 0.3 is 29.0 Å². The van der Waals surface area contributed by atoms with Gasteiger partial charge < -0.3 is 13.7 Å². The predicted molar refractivity (Wildman–Crippen MR) is 33.9 cm³/mol. The molecule has 0 saturated carbocycles. The average molecular weight is 129 g/mol. The molecule has 0 aromatic heterocycles. The minimum atomic E-state index is -0.928. The van der Waals surface area contributed by atoms with Crippen LogP contribution in [0.1, 0.15) is 16.2 Å². The van der Waals surface area contributed by atoms with Crippen molar-refractivity contribution in [1.82, 2.24) is 0 Å². The van der Waals surface area contributed by atoms with Crippen LogP contribution in [0, 0.1) is 0 Å². The molecule has 3 nitrogen and oxygen atoms in total. The smallest absolute Gasteiger partial charge is 1.00 e. The third kappa shape index (κ3) is 4.36. The molecule has 0 amide bonds. The van der Waals surface area contributed by atoms with E-state index in [1.165, 1.54) is 0 Å². The Hall–Kier alpha value is 0.196. The van der Waals surface area contributed by atoms with Crippen molar-refractivity contribution in [2.24, 2.45) is 5.73 Å². The van der Waals surface area contributed by atoms with E-state index in [1.54, 1.807) is 6.92 Å². The normalized spacial score (nSPS) is 11.8. The largest absolute Gasteiger partial charge is 2.00 e. The molecular weight excluding hydrogens is 118 g/mol. The zero-order chi connectivity index (χ0) is 5.86. The van der Waals surface area contributed by atoms with E-state index < -0.39 is 12.0 Å². The summed E-state index contributed by atoms with van der Waals surface area (Å²) in [6, 6.07) is -0.681. The van der Waals surface area contributed by atoms with Gasteiger partial charge in [0.05, 0.1) is 0 Å². The van der Waals surface area contributed by atoms with Crippen molar-refractivity contribution < 1.29 is 12.8 Å². The Labute approximate surface area is 67.4 Å². The van der Waals surface area contributed by atoms with Crippen LogP contribution in [0.3, 0.4) is 0 Å². The van der Waals surface area contributed by atoms with Gasteiger partial charge in [-0.3, -0.25) is 4.79 Å². The maximum absolute atomic E-state index is 9.81. The Morgan fingerprint density at radius 2 is 2.38 bits per heavy atom. The fourth-order valence-electron chi connectivity index (χ4n) is 0.175. The van der Waals surface area contributed by atoms with E-state index in [1.807, 2.05) is 0 Å². The second-order valence-electron chi connectivity index (χ2n) is 1.35. The molecule has 3 N–H and O–H groups in total. The van der Waals surface area contributed by atoms with E-state index in [4.69, 9.17) is 10.8 Å². The molecule has 0 fully saturated rings. The molecule has 0 rings (SSSR count). The quantitative estimate of drug-likeness (QED) is 0.501. The molecule has 0 aromatic carbocycles. The van der Waals surface area contributed by atoms with Gasteiger partial charge in [0.15, 0.2) is 0 Å². The molecule has 0 aliphatic carbocycles.